The molecule has 3 aromatic heterocycles. The van der Waals surface area contributed by atoms with Crippen molar-refractivity contribution in [2.24, 2.45) is 7.05 Å². The first-order valence-corrected chi connectivity index (χ1v) is 8.38. The Bertz CT molecular complexity index is 1080. The minimum Gasteiger partial charge on any atom is -0.455 e. The maximum absolute atomic E-state index is 6.19. The van der Waals surface area contributed by atoms with Gasteiger partial charge in [0.15, 0.2) is 11.6 Å². The number of anilines is 1. The fourth-order valence-electron chi connectivity index (χ4n) is 2.93. The number of aromatic nitrogens is 5. The Morgan fingerprint density at radius 3 is 2.54 bits per heavy atom. The van der Waals surface area contributed by atoms with Crippen LogP contribution in [0.3, 0.4) is 0 Å². The lowest BCUT2D eigenvalue weighted by atomic mass is 10.2. The molecule has 0 bridgehead atoms. The molecule has 0 aliphatic heterocycles. The monoisotopic (exact) mass is 348 g/mol. The second-order valence-electron chi connectivity index (χ2n) is 6.15. The van der Waals surface area contributed by atoms with E-state index in [1.54, 1.807) is 0 Å². The zero-order valence-electron chi connectivity index (χ0n) is 15.2. The van der Waals surface area contributed by atoms with Gasteiger partial charge in [0.2, 0.25) is 5.65 Å². The van der Waals surface area contributed by atoms with Crippen molar-refractivity contribution < 1.29 is 4.74 Å². The van der Waals surface area contributed by atoms with Crippen molar-refractivity contribution in [2.75, 3.05) is 12.4 Å². The van der Waals surface area contributed by atoms with Crippen LogP contribution < -0.4 is 10.1 Å². The first-order valence-electron chi connectivity index (χ1n) is 8.38. The molecule has 132 valence electrons. The van der Waals surface area contributed by atoms with Crippen molar-refractivity contribution in [1.82, 2.24) is 24.1 Å². The fraction of sp³-hybridized carbons (Fsp3) is 0.211. The molecule has 4 rings (SSSR count). The minimum absolute atomic E-state index is 0.676. The molecular weight excluding hydrogens is 328 g/mol. The Kier molecular flexibility index (Phi) is 3.84. The lowest BCUT2D eigenvalue weighted by Crippen LogP contribution is -2.01. The molecule has 0 aliphatic rings. The van der Waals surface area contributed by atoms with E-state index in [0.717, 1.165) is 34.3 Å². The molecule has 0 spiro atoms. The summed E-state index contributed by atoms with van der Waals surface area (Å²) in [7, 11) is 3.83. The van der Waals surface area contributed by atoms with Gasteiger partial charge >= 0.3 is 0 Å². The van der Waals surface area contributed by atoms with Crippen molar-refractivity contribution in [3.05, 3.63) is 54.2 Å². The maximum Gasteiger partial charge on any atom is 0.203 e. The molecule has 3 heterocycles. The number of para-hydroxylation sites is 1. The molecule has 0 saturated heterocycles. The number of ether oxygens (including phenoxy) is 1. The molecule has 0 saturated carbocycles. The third-order valence-corrected chi connectivity index (χ3v) is 4.46. The second kappa shape index (κ2) is 6.18. The van der Waals surface area contributed by atoms with E-state index in [2.05, 4.69) is 15.5 Å². The van der Waals surface area contributed by atoms with E-state index < -0.39 is 0 Å². The molecule has 0 atom stereocenters. The van der Waals surface area contributed by atoms with E-state index in [1.807, 2.05) is 79.6 Å². The van der Waals surface area contributed by atoms with E-state index in [9.17, 15) is 0 Å². The van der Waals surface area contributed by atoms with Gasteiger partial charge in [-0.3, -0.25) is 4.40 Å². The predicted molar refractivity (Wildman–Crippen MR) is 101 cm³/mol. The fourth-order valence-corrected chi connectivity index (χ4v) is 2.93. The highest BCUT2D eigenvalue weighted by atomic mass is 16.5. The van der Waals surface area contributed by atoms with E-state index in [0.29, 0.717) is 11.5 Å². The van der Waals surface area contributed by atoms with Crippen LogP contribution in [0.2, 0.25) is 0 Å². The number of rotatable bonds is 4. The van der Waals surface area contributed by atoms with Gasteiger partial charge in [-0.25, -0.2) is 4.98 Å². The number of nitrogens with zero attached hydrogens (tertiary/aromatic N) is 5. The molecule has 1 N–H and O–H groups in total. The highest BCUT2D eigenvalue weighted by Gasteiger charge is 2.19. The number of nitrogens with one attached hydrogen (secondary N) is 1. The quantitative estimate of drug-likeness (QED) is 0.610. The van der Waals surface area contributed by atoms with Gasteiger partial charge in [0.1, 0.15) is 11.6 Å². The number of hydrogen-bond acceptors (Lipinski definition) is 5. The molecular formula is C19H20N6O. The highest BCUT2D eigenvalue weighted by Crippen LogP contribution is 2.37. The van der Waals surface area contributed by atoms with Gasteiger partial charge in [-0.1, -0.05) is 18.2 Å². The zero-order chi connectivity index (χ0) is 18.3. The standard InChI is InChI=1S/C19H20N6O/c1-12-17(26-14-8-6-5-7-9-14)15(10-24(12)4)16-11-25-13(2)22-23-19(25)18(20-3)21-16/h5-11H,1-4H3,(H,20,21). The van der Waals surface area contributed by atoms with Crippen LogP contribution in [0.4, 0.5) is 5.82 Å². The lowest BCUT2D eigenvalue weighted by Gasteiger charge is -2.10. The average molecular weight is 348 g/mol. The summed E-state index contributed by atoms with van der Waals surface area (Å²) in [6.45, 7) is 3.95. The van der Waals surface area contributed by atoms with Crippen LogP contribution in [0.5, 0.6) is 11.5 Å². The Labute approximate surface area is 151 Å². The van der Waals surface area contributed by atoms with Crippen LogP contribution in [0.15, 0.2) is 42.7 Å². The van der Waals surface area contributed by atoms with Crippen LogP contribution >= 0.6 is 0 Å². The zero-order valence-corrected chi connectivity index (χ0v) is 15.2. The number of fused-ring (bicyclic) bond motifs is 1. The Morgan fingerprint density at radius 1 is 1.04 bits per heavy atom. The largest absolute Gasteiger partial charge is 0.455 e. The maximum atomic E-state index is 6.19. The van der Waals surface area contributed by atoms with Gasteiger partial charge < -0.3 is 14.6 Å². The third kappa shape index (κ3) is 2.57. The van der Waals surface area contributed by atoms with Crippen LogP contribution in [0.1, 0.15) is 11.5 Å². The van der Waals surface area contributed by atoms with Crippen molar-refractivity contribution in [3.8, 4) is 22.8 Å². The van der Waals surface area contributed by atoms with Crippen molar-refractivity contribution in [1.29, 1.82) is 0 Å². The number of benzene rings is 1. The molecule has 0 radical (unpaired) electrons. The van der Waals surface area contributed by atoms with Crippen molar-refractivity contribution >= 4 is 11.5 Å². The summed E-state index contributed by atoms with van der Waals surface area (Å²) in [5.41, 5.74) is 3.43. The first kappa shape index (κ1) is 16.1. The van der Waals surface area contributed by atoms with E-state index in [-0.39, 0.29) is 0 Å². The van der Waals surface area contributed by atoms with E-state index >= 15 is 0 Å². The van der Waals surface area contributed by atoms with Crippen LogP contribution in [-0.4, -0.2) is 31.2 Å². The molecule has 0 unspecified atom stereocenters. The van der Waals surface area contributed by atoms with E-state index in [1.165, 1.54) is 0 Å². The third-order valence-electron chi connectivity index (χ3n) is 4.46. The highest BCUT2D eigenvalue weighted by molar-refractivity contribution is 5.73. The summed E-state index contributed by atoms with van der Waals surface area (Å²) < 4.78 is 10.2. The molecule has 7 heteroatoms. The van der Waals surface area contributed by atoms with Crippen LogP contribution in [0, 0.1) is 13.8 Å². The predicted octanol–water partition coefficient (Wildman–Crippen LogP) is 3.58. The average Bonchev–Trinajstić information content (AvgIpc) is 3.17. The molecule has 0 aliphatic carbocycles. The molecule has 1 aromatic carbocycles. The smallest absolute Gasteiger partial charge is 0.203 e. The van der Waals surface area contributed by atoms with Gasteiger partial charge in [0.25, 0.3) is 0 Å². The van der Waals surface area contributed by atoms with Crippen LogP contribution in [-0.2, 0) is 7.05 Å². The first-order chi connectivity index (χ1) is 12.6. The van der Waals surface area contributed by atoms with Gasteiger partial charge in [0, 0.05) is 26.5 Å². The summed E-state index contributed by atoms with van der Waals surface area (Å²) in [6.07, 6.45) is 3.97. The van der Waals surface area contributed by atoms with E-state index in [4.69, 9.17) is 9.72 Å². The molecule has 0 fully saturated rings. The van der Waals surface area contributed by atoms with Crippen molar-refractivity contribution in [2.45, 2.75) is 13.8 Å². The number of hydrogen-bond donors (Lipinski definition) is 1. The van der Waals surface area contributed by atoms with Gasteiger partial charge in [-0.05, 0) is 26.0 Å². The summed E-state index contributed by atoms with van der Waals surface area (Å²) in [6, 6.07) is 9.76. The summed E-state index contributed by atoms with van der Waals surface area (Å²) in [5, 5.41) is 11.4. The Hall–Kier alpha value is -3.35. The molecule has 7 nitrogen and oxygen atoms in total. The molecule has 26 heavy (non-hydrogen) atoms. The summed E-state index contributed by atoms with van der Waals surface area (Å²) >= 11 is 0. The topological polar surface area (TPSA) is 69.3 Å². The number of aryl methyl sites for hydroxylation is 2. The van der Waals surface area contributed by atoms with Gasteiger partial charge in [-0.15, -0.1) is 10.2 Å². The lowest BCUT2D eigenvalue weighted by molar-refractivity contribution is 0.478. The van der Waals surface area contributed by atoms with Crippen molar-refractivity contribution in [3.63, 3.8) is 0 Å². The van der Waals surface area contributed by atoms with Gasteiger partial charge in [0.05, 0.1) is 17.0 Å². The second-order valence-corrected chi connectivity index (χ2v) is 6.15. The minimum atomic E-state index is 0.676. The Balaban J connectivity index is 1.89. The SMILES string of the molecule is CNc1nc(-c2cn(C)c(C)c2Oc2ccccc2)cn2c(C)nnc12. The Morgan fingerprint density at radius 2 is 1.81 bits per heavy atom. The van der Waals surface area contributed by atoms with Gasteiger partial charge in [-0.2, -0.15) is 0 Å². The summed E-state index contributed by atoms with van der Waals surface area (Å²) in [4.78, 5) is 4.73. The summed E-state index contributed by atoms with van der Waals surface area (Å²) in [5.74, 6) is 3.06. The normalized spacial score (nSPS) is 11.1. The molecule has 0 amide bonds. The molecule has 4 aromatic rings. The van der Waals surface area contributed by atoms with Crippen LogP contribution in [0.25, 0.3) is 16.9 Å².